The molecule has 3 rings (SSSR count). The summed E-state index contributed by atoms with van der Waals surface area (Å²) in [4.78, 5) is 15.3. The molecule has 0 saturated carbocycles. The van der Waals surface area contributed by atoms with Crippen LogP contribution >= 0.6 is 0 Å². The van der Waals surface area contributed by atoms with Gasteiger partial charge in [0.2, 0.25) is 0 Å². The molecule has 0 bridgehead atoms. The smallest absolute Gasteiger partial charge is 0.255 e. The number of carbonyl (C=O) groups excluding carboxylic acids is 1. The maximum Gasteiger partial charge on any atom is 0.255 e. The molecule has 1 aliphatic rings. The molecule has 24 heavy (non-hydrogen) atoms. The third-order valence-corrected chi connectivity index (χ3v) is 4.37. The van der Waals surface area contributed by atoms with Gasteiger partial charge in [0.15, 0.2) is 6.61 Å². The Morgan fingerprint density at radius 1 is 1.25 bits per heavy atom. The Morgan fingerprint density at radius 2 is 2.00 bits per heavy atom. The number of aryl methyl sites for hydroxylation is 1. The van der Waals surface area contributed by atoms with E-state index in [-0.39, 0.29) is 12.6 Å². The molecule has 1 aliphatic carbocycles. The number of amides is 1. The number of hydrogen-bond donors (Lipinski definition) is 2. The van der Waals surface area contributed by atoms with Gasteiger partial charge in [-0.15, -0.1) is 0 Å². The van der Waals surface area contributed by atoms with E-state index in [1.165, 1.54) is 29.8 Å². The molecule has 0 aliphatic heterocycles. The molecule has 1 aromatic heterocycles. The lowest BCUT2D eigenvalue weighted by Gasteiger charge is -2.22. The molecule has 0 saturated heterocycles. The second kappa shape index (κ2) is 7.34. The van der Waals surface area contributed by atoms with E-state index in [1.807, 2.05) is 30.5 Å². The van der Waals surface area contributed by atoms with Crippen molar-refractivity contribution in [2.24, 2.45) is 5.73 Å². The SMILES string of the molecule is CC(Nc1ccnc2c1CCCC2)c1ccc(OCC(N)=O)cc1. The van der Waals surface area contributed by atoms with E-state index in [2.05, 4.69) is 23.3 Å². The first-order valence-electron chi connectivity index (χ1n) is 8.38. The fraction of sp³-hybridized carbons (Fsp3) is 0.368. The topological polar surface area (TPSA) is 77.2 Å². The summed E-state index contributed by atoms with van der Waals surface area (Å²) in [6.07, 6.45) is 6.52. The maximum absolute atomic E-state index is 10.8. The van der Waals surface area contributed by atoms with Crippen LogP contribution in [0.2, 0.25) is 0 Å². The van der Waals surface area contributed by atoms with E-state index < -0.39 is 5.91 Å². The van der Waals surface area contributed by atoms with Crippen LogP contribution in [0.3, 0.4) is 0 Å². The Labute approximate surface area is 142 Å². The van der Waals surface area contributed by atoms with Crippen LogP contribution in [-0.2, 0) is 17.6 Å². The third-order valence-electron chi connectivity index (χ3n) is 4.37. The Morgan fingerprint density at radius 3 is 2.75 bits per heavy atom. The van der Waals surface area contributed by atoms with E-state index in [0.717, 1.165) is 18.4 Å². The first-order valence-corrected chi connectivity index (χ1v) is 8.38. The van der Waals surface area contributed by atoms with Crippen molar-refractivity contribution in [2.75, 3.05) is 11.9 Å². The number of primary amides is 1. The molecule has 5 heteroatoms. The lowest BCUT2D eigenvalue weighted by molar-refractivity contribution is -0.119. The molecule has 3 N–H and O–H groups in total. The van der Waals surface area contributed by atoms with Crippen LogP contribution in [0.1, 0.15) is 42.6 Å². The van der Waals surface area contributed by atoms with Gasteiger partial charge in [0.1, 0.15) is 5.75 Å². The largest absolute Gasteiger partial charge is 0.484 e. The van der Waals surface area contributed by atoms with Crippen LogP contribution in [0.4, 0.5) is 5.69 Å². The number of nitrogens with two attached hydrogens (primary N) is 1. The van der Waals surface area contributed by atoms with Crippen molar-refractivity contribution >= 4 is 11.6 Å². The minimum Gasteiger partial charge on any atom is -0.484 e. The van der Waals surface area contributed by atoms with Crippen LogP contribution in [-0.4, -0.2) is 17.5 Å². The van der Waals surface area contributed by atoms with Gasteiger partial charge in [-0.05, 0) is 61.9 Å². The number of pyridine rings is 1. The van der Waals surface area contributed by atoms with Crippen molar-refractivity contribution in [2.45, 2.75) is 38.6 Å². The molecule has 1 heterocycles. The Hall–Kier alpha value is -2.56. The fourth-order valence-electron chi connectivity index (χ4n) is 3.08. The lowest BCUT2D eigenvalue weighted by Crippen LogP contribution is -2.20. The molecule has 5 nitrogen and oxygen atoms in total. The van der Waals surface area contributed by atoms with Crippen molar-refractivity contribution in [1.82, 2.24) is 4.98 Å². The number of carbonyl (C=O) groups is 1. The minimum atomic E-state index is -0.475. The molecular formula is C19H23N3O2. The average Bonchev–Trinajstić information content (AvgIpc) is 2.60. The van der Waals surface area contributed by atoms with E-state index in [9.17, 15) is 4.79 Å². The molecule has 126 valence electrons. The number of benzene rings is 1. The molecule has 2 aromatic rings. The number of hydrogen-bond acceptors (Lipinski definition) is 4. The van der Waals surface area contributed by atoms with Crippen molar-refractivity contribution in [3.8, 4) is 5.75 Å². The van der Waals surface area contributed by atoms with Gasteiger partial charge in [0.25, 0.3) is 5.91 Å². The lowest BCUT2D eigenvalue weighted by atomic mass is 9.94. The molecule has 1 amide bonds. The Balaban J connectivity index is 1.69. The summed E-state index contributed by atoms with van der Waals surface area (Å²) < 4.78 is 5.29. The zero-order chi connectivity index (χ0) is 16.9. The summed E-state index contributed by atoms with van der Waals surface area (Å²) in [7, 11) is 0. The Bertz CT molecular complexity index is 713. The normalized spacial score (nSPS) is 14.5. The van der Waals surface area contributed by atoms with Crippen LogP contribution in [0.15, 0.2) is 36.5 Å². The molecule has 1 aromatic carbocycles. The molecule has 0 fully saturated rings. The van der Waals surface area contributed by atoms with E-state index in [1.54, 1.807) is 0 Å². The van der Waals surface area contributed by atoms with Gasteiger partial charge >= 0.3 is 0 Å². The van der Waals surface area contributed by atoms with Crippen LogP contribution in [0.25, 0.3) is 0 Å². The summed E-state index contributed by atoms with van der Waals surface area (Å²) in [5, 5.41) is 3.60. The predicted molar refractivity (Wildman–Crippen MR) is 94.0 cm³/mol. The van der Waals surface area contributed by atoms with Crippen molar-refractivity contribution in [3.63, 3.8) is 0 Å². The van der Waals surface area contributed by atoms with Crippen molar-refractivity contribution in [3.05, 3.63) is 53.3 Å². The highest BCUT2D eigenvalue weighted by molar-refractivity contribution is 5.75. The number of fused-ring (bicyclic) bond motifs is 1. The minimum absolute atomic E-state index is 0.101. The van der Waals surface area contributed by atoms with E-state index in [4.69, 9.17) is 10.5 Å². The monoisotopic (exact) mass is 325 g/mol. The van der Waals surface area contributed by atoms with Gasteiger partial charge in [-0.2, -0.15) is 0 Å². The zero-order valence-corrected chi connectivity index (χ0v) is 13.9. The molecule has 0 radical (unpaired) electrons. The van der Waals surface area contributed by atoms with Gasteiger partial charge in [-0.1, -0.05) is 12.1 Å². The molecule has 1 atom stereocenters. The average molecular weight is 325 g/mol. The second-order valence-electron chi connectivity index (χ2n) is 6.18. The van der Waals surface area contributed by atoms with Crippen LogP contribution < -0.4 is 15.8 Å². The van der Waals surface area contributed by atoms with Gasteiger partial charge in [-0.3, -0.25) is 9.78 Å². The summed E-state index contributed by atoms with van der Waals surface area (Å²) >= 11 is 0. The molecule has 0 spiro atoms. The Kier molecular flexibility index (Phi) is 4.99. The second-order valence-corrected chi connectivity index (χ2v) is 6.18. The van der Waals surface area contributed by atoms with Gasteiger partial charge in [0.05, 0.1) is 0 Å². The van der Waals surface area contributed by atoms with Crippen LogP contribution in [0.5, 0.6) is 5.75 Å². The summed E-state index contributed by atoms with van der Waals surface area (Å²) in [5.41, 5.74) is 10.0. The van der Waals surface area contributed by atoms with E-state index >= 15 is 0 Å². The van der Waals surface area contributed by atoms with Crippen molar-refractivity contribution < 1.29 is 9.53 Å². The van der Waals surface area contributed by atoms with Gasteiger partial charge < -0.3 is 15.8 Å². The van der Waals surface area contributed by atoms with Gasteiger partial charge in [-0.25, -0.2) is 0 Å². The first-order chi connectivity index (χ1) is 11.6. The zero-order valence-electron chi connectivity index (χ0n) is 13.9. The number of nitrogens with one attached hydrogen (secondary N) is 1. The van der Waals surface area contributed by atoms with E-state index in [0.29, 0.717) is 5.75 Å². The van der Waals surface area contributed by atoms with Gasteiger partial charge in [0, 0.05) is 23.6 Å². The number of anilines is 1. The molecule has 1 unspecified atom stereocenters. The summed E-state index contributed by atoms with van der Waals surface area (Å²) in [5.74, 6) is 0.169. The standard InChI is InChI=1S/C19H23N3O2/c1-13(14-6-8-15(9-7-14)24-12-19(20)23)22-18-10-11-21-17-5-3-2-4-16(17)18/h6-11,13H,2-5,12H2,1H3,(H2,20,23)(H,21,22). The number of rotatable bonds is 6. The third kappa shape index (κ3) is 3.85. The summed E-state index contributed by atoms with van der Waals surface area (Å²) in [6, 6.07) is 9.95. The first kappa shape index (κ1) is 16.3. The highest BCUT2D eigenvalue weighted by atomic mass is 16.5. The number of ether oxygens (including phenoxy) is 1. The summed E-state index contributed by atoms with van der Waals surface area (Å²) in [6.45, 7) is 2.03. The van der Waals surface area contributed by atoms with Crippen molar-refractivity contribution in [1.29, 1.82) is 0 Å². The highest BCUT2D eigenvalue weighted by Gasteiger charge is 2.15. The molecular weight excluding hydrogens is 302 g/mol. The maximum atomic E-state index is 10.8. The fourth-order valence-corrected chi connectivity index (χ4v) is 3.08. The highest BCUT2D eigenvalue weighted by Crippen LogP contribution is 2.29. The number of aromatic nitrogens is 1. The van der Waals surface area contributed by atoms with Crippen LogP contribution in [0, 0.1) is 0 Å². The number of nitrogens with zero attached hydrogens (tertiary/aromatic N) is 1. The quantitative estimate of drug-likeness (QED) is 0.856. The predicted octanol–water partition coefficient (Wildman–Crippen LogP) is 3.00.